The average Bonchev–Trinajstić information content (AvgIpc) is 2.47. The lowest BCUT2D eigenvalue weighted by Gasteiger charge is -2.13. The van der Waals surface area contributed by atoms with Gasteiger partial charge < -0.3 is 4.74 Å². The second-order valence-electron chi connectivity index (χ2n) is 7.26. The van der Waals surface area contributed by atoms with Crippen LogP contribution in [0.3, 0.4) is 0 Å². The third-order valence-electron chi connectivity index (χ3n) is 4.51. The molecule has 0 fully saturated rings. The Hall–Kier alpha value is -0.790. The summed E-state index contributed by atoms with van der Waals surface area (Å²) in [6.45, 7) is 6.05. The summed E-state index contributed by atoms with van der Waals surface area (Å²) in [5, 5.41) is 0. The summed E-state index contributed by atoms with van der Waals surface area (Å²) in [4.78, 5) is 11.9. The lowest BCUT2D eigenvalue weighted by molar-refractivity contribution is -0.143. The molecule has 0 saturated carbocycles. The zero-order valence-corrected chi connectivity index (χ0v) is 15.0. The van der Waals surface area contributed by atoms with Gasteiger partial charge in [0.05, 0.1) is 5.92 Å². The zero-order chi connectivity index (χ0) is 16.2. The molecule has 0 aromatic carbocycles. The summed E-state index contributed by atoms with van der Waals surface area (Å²) in [6, 6.07) is 0. The van der Waals surface area contributed by atoms with Crippen LogP contribution in [0.4, 0.5) is 0 Å². The summed E-state index contributed by atoms with van der Waals surface area (Å²) < 4.78 is 5.63. The molecule has 22 heavy (non-hydrogen) atoms. The molecule has 2 nitrogen and oxygen atoms in total. The van der Waals surface area contributed by atoms with Crippen molar-refractivity contribution >= 4 is 5.97 Å². The SMILES string of the molecule is CC(C)C(=O)O/C1=C\[C@H](C)CCCCCCCCCCCC1. The summed E-state index contributed by atoms with van der Waals surface area (Å²) in [5.74, 6) is 1.30. The number of carbonyl (C=O) groups is 1. The zero-order valence-electron chi connectivity index (χ0n) is 15.0. The maximum atomic E-state index is 11.9. The Labute approximate surface area is 137 Å². The van der Waals surface area contributed by atoms with Gasteiger partial charge in [0, 0.05) is 6.42 Å². The van der Waals surface area contributed by atoms with E-state index in [-0.39, 0.29) is 11.9 Å². The number of allylic oxidation sites excluding steroid dienone is 2. The molecular weight excluding hydrogens is 272 g/mol. The molecule has 0 radical (unpaired) electrons. The van der Waals surface area contributed by atoms with E-state index in [1.807, 2.05) is 13.8 Å². The highest BCUT2D eigenvalue weighted by Gasteiger charge is 2.13. The molecule has 1 rings (SSSR count). The molecule has 1 aliphatic carbocycles. The van der Waals surface area contributed by atoms with Gasteiger partial charge in [0.2, 0.25) is 0 Å². The minimum atomic E-state index is -0.0867. The fourth-order valence-corrected chi connectivity index (χ4v) is 3.00. The van der Waals surface area contributed by atoms with Crippen LogP contribution >= 0.6 is 0 Å². The predicted molar refractivity (Wildman–Crippen MR) is 93.6 cm³/mol. The summed E-state index contributed by atoms with van der Waals surface area (Å²) in [7, 11) is 0. The third kappa shape index (κ3) is 9.27. The fourth-order valence-electron chi connectivity index (χ4n) is 3.00. The molecule has 0 aromatic heterocycles. The lowest BCUT2D eigenvalue weighted by atomic mass is 10.0. The van der Waals surface area contributed by atoms with Crippen LogP contribution in [0.5, 0.6) is 0 Å². The van der Waals surface area contributed by atoms with Gasteiger partial charge in [0.25, 0.3) is 0 Å². The molecule has 2 heteroatoms. The van der Waals surface area contributed by atoms with Gasteiger partial charge in [-0.1, -0.05) is 78.6 Å². The van der Waals surface area contributed by atoms with Crippen molar-refractivity contribution in [2.24, 2.45) is 11.8 Å². The molecule has 0 N–H and O–H groups in total. The van der Waals surface area contributed by atoms with E-state index in [2.05, 4.69) is 13.0 Å². The monoisotopic (exact) mass is 308 g/mol. The Morgan fingerprint density at radius 2 is 1.45 bits per heavy atom. The van der Waals surface area contributed by atoms with Crippen molar-refractivity contribution in [3.63, 3.8) is 0 Å². The predicted octanol–water partition coefficient (Wildman–Crippen LogP) is 6.40. The van der Waals surface area contributed by atoms with Crippen LogP contribution in [0, 0.1) is 11.8 Å². The number of hydrogen-bond donors (Lipinski definition) is 0. The average molecular weight is 309 g/mol. The highest BCUT2D eigenvalue weighted by atomic mass is 16.5. The second-order valence-corrected chi connectivity index (χ2v) is 7.26. The smallest absolute Gasteiger partial charge is 0.313 e. The molecule has 1 atom stereocenters. The molecule has 128 valence electrons. The first-order valence-electron chi connectivity index (χ1n) is 9.52. The number of hydrogen-bond acceptors (Lipinski definition) is 2. The van der Waals surface area contributed by atoms with Crippen LogP contribution in [0.25, 0.3) is 0 Å². The Balaban J connectivity index is 2.56. The summed E-state index contributed by atoms with van der Waals surface area (Å²) in [5.41, 5.74) is 0. The number of ether oxygens (including phenoxy) is 1. The van der Waals surface area contributed by atoms with Crippen LogP contribution < -0.4 is 0 Å². The van der Waals surface area contributed by atoms with Gasteiger partial charge in [0.1, 0.15) is 5.76 Å². The molecule has 0 spiro atoms. The topological polar surface area (TPSA) is 26.3 Å². The van der Waals surface area contributed by atoms with Crippen LogP contribution in [-0.2, 0) is 9.53 Å². The van der Waals surface area contributed by atoms with Gasteiger partial charge in [-0.05, 0) is 24.8 Å². The van der Waals surface area contributed by atoms with E-state index in [4.69, 9.17) is 4.74 Å². The minimum absolute atomic E-state index is 0.0483. The molecule has 0 heterocycles. The number of carbonyl (C=O) groups excluding carboxylic acids is 1. The molecular formula is C20H36O2. The van der Waals surface area contributed by atoms with Crippen molar-refractivity contribution in [2.75, 3.05) is 0 Å². The molecule has 1 aliphatic rings. The molecule has 0 bridgehead atoms. The Bertz CT molecular complexity index is 331. The van der Waals surface area contributed by atoms with Gasteiger partial charge in [-0.2, -0.15) is 0 Å². The molecule has 0 aromatic rings. The first kappa shape index (κ1) is 19.3. The summed E-state index contributed by atoms with van der Waals surface area (Å²) >= 11 is 0. The van der Waals surface area contributed by atoms with Crippen molar-refractivity contribution in [3.05, 3.63) is 11.8 Å². The van der Waals surface area contributed by atoms with Crippen LogP contribution in [0.1, 0.15) is 97.8 Å². The quantitative estimate of drug-likeness (QED) is 0.552. The van der Waals surface area contributed by atoms with Crippen molar-refractivity contribution in [3.8, 4) is 0 Å². The molecule has 0 amide bonds. The number of rotatable bonds is 2. The molecule has 0 saturated heterocycles. The summed E-state index contributed by atoms with van der Waals surface area (Å²) in [6.07, 6.45) is 17.6. The van der Waals surface area contributed by atoms with E-state index in [1.54, 1.807) is 0 Å². The second kappa shape index (κ2) is 11.7. The van der Waals surface area contributed by atoms with Crippen LogP contribution in [-0.4, -0.2) is 5.97 Å². The van der Waals surface area contributed by atoms with Crippen molar-refractivity contribution in [1.29, 1.82) is 0 Å². The van der Waals surface area contributed by atoms with Gasteiger partial charge in [-0.3, -0.25) is 4.79 Å². The Morgan fingerprint density at radius 3 is 2.00 bits per heavy atom. The van der Waals surface area contributed by atoms with E-state index in [1.165, 1.54) is 64.2 Å². The highest BCUT2D eigenvalue weighted by molar-refractivity contribution is 5.72. The largest absolute Gasteiger partial charge is 0.431 e. The van der Waals surface area contributed by atoms with Gasteiger partial charge in [0.15, 0.2) is 0 Å². The lowest BCUT2D eigenvalue weighted by Crippen LogP contribution is -2.12. The first-order valence-corrected chi connectivity index (χ1v) is 9.52. The maximum Gasteiger partial charge on any atom is 0.313 e. The highest BCUT2D eigenvalue weighted by Crippen LogP contribution is 2.21. The first-order chi connectivity index (χ1) is 10.6. The van der Waals surface area contributed by atoms with Crippen LogP contribution in [0.2, 0.25) is 0 Å². The van der Waals surface area contributed by atoms with Crippen molar-refractivity contribution in [2.45, 2.75) is 97.8 Å². The van der Waals surface area contributed by atoms with E-state index in [0.717, 1.165) is 18.6 Å². The molecule has 0 unspecified atom stereocenters. The maximum absolute atomic E-state index is 11.9. The van der Waals surface area contributed by atoms with E-state index < -0.39 is 0 Å². The van der Waals surface area contributed by atoms with Crippen LogP contribution in [0.15, 0.2) is 11.8 Å². The Kier molecular flexibility index (Phi) is 10.3. The van der Waals surface area contributed by atoms with E-state index in [9.17, 15) is 4.79 Å². The normalized spacial score (nSPS) is 25.6. The van der Waals surface area contributed by atoms with Crippen molar-refractivity contribution in [1.82, 2.24) is 0 Å². The van der Waals surface area contributed by atoms with E-state index in [0.29, 0.717) is 5.92 Å². The van der Waals surface area contributed by atoms with Gasteiger partial charge in [-0.25, -0.2) is 0 Å². The third-order valence-corrected chi connectivity index (χ3v) is 4.51. The Morgan fingerprint density at radius 1 is 0.955 bits per heavy atom. The van der Waals surface area contributed by atoms with Crippen molar-refractivity contribution < 1.29 is 9.53 Å². The molecule has 0 aliphatic heterocycles. The fraction of sp³-hybridized carbons (Fsp3) is 0.850. The van der Waals surface area contributed by atoms with Gasteiger partial charge >= 0.3 is 5.97 Å². The number of esters is 1. The van der Waals surface area contributed by atoms with Gasteiger partial charge in [-0.15, -0.1) is 0 Å². The minimum Gasteiger partial charge on any atom is -0.431 e. The van der Waals surface area contributed by atoms with E-state index >= 15 is 0 Å². The standard InChI is InChI=1S/C20H36O2/c1-17(2)20(21)22-19-15-13-11-9-7-5-4-6-8-10-12-14-18(3)16-19/h16-18H,4-15H2,1-3H3/b19-16-/t18-/m1/s1.